The molecular formula is C14H18FN3S. The van der Waals surface area contributed by atoms with Crippen molar-refractivity contribution in [2.45, 2.75) is 19.9 Å². The summed E-state index contributed by atoms with van der Waals surface area (Å²) in [5.41, 5.74) is 1.82. The molecule has 0 amide bonds. The highest BCUT2D eigenvalue weighted by Crippen LogP contribution is 2.33. The number of aromatic nitrogens is 1. The first kappa shape index (κ1) is 14.0. The van der Waals surface area contributed by atoms with Crippen LogP contribution in [0.1, 0.15) is 23.5 Å². The van der Waals surface area contributed by atoms with Gasteiger partial charge in [0.2, 0.25) is 0 Å². The van der Waals surface area contributed by atoms with E-state index in [1.54, 1.807) is 17.4 Å². The molecule has 0 saturated carbocycles. The van der Waals surface area contributed by atoms with E-state index >= 15 is 0 Å². The lowest BCUT2D eigenvalue weighted by atomic mass is 10.2. The first-order valence-corrected chi connectivity index (χ1v) is 6.98. The molecular weight excluding hydrogens is 261 g/mol. The van der Waals surface area contributed by atoms with Gasteiger partial charge >= 0.3 is 0 Å². The summed E-state index contributed by atoms with van der Waals surface area (Å²) in [6, 6.07) is 6.81. The van der Waals surface area contributed by atoms with Gasteiger partial charge in [-0.3, -0.25) is 0 Å². The van der Waals surface area contributed by atoms with E-state index in [-0.39, 0.29) is 11.9 Å². The van der Waals surface area contributed by atoms with E-state index in [1.165, 1.54) is 17.0 Å². The highest BCUT2D eigenvalue weighted by atomic mass is 32.1. The zero-order chi connectivity index (χ0) is 14.0. The number of anilines is 2. The van der Waals surface area contributed by atoms with E-state index in [2.05, 4.69) is 17.2 Å². The van der Waals surface area contributed by atoms with E-state index in [0.717, 1.165) is 16.5 Å². The van der Waals surface area contributed by atoms with Gasteiger partial charge in [0.25, 0.3) is 0 Å². The number of benzene rings is 1. The molecule has 0 saturated heterocycles. The molecule has 0 aliphatic heterocycles. The Morgan fingerprint density at radius 3 is 2.79 bits per heavy atom. The number of nitrogens with zero attached hydrogens (tertiary/aromatic N) is 2. The number of aryl methyl sites for hydroxylation is 1. The van der Waals surface area contributed by atoms with Crippen LogP contribution in [0.4, 0.5) is 15.2 Å². The second-order valence-electron chi connectivity index (χ2n) is 4.50. The molecule has 1 atom stereocenters. The van der Waals surface area contributed by atoms with Gasteiger partial charge in [0.05, 0.1) is 5.69 Å². The van der Waals surface area contributed by atoms with Gasteiger partial charge in [-0.2, -0.15) is 0 Å². The lowest BCUT2D eigenvalue weighted by Crippen LogP contribution is -2.11. The van der Waals surface area contributed by atoms with E-state index in [9.17, 15) is 4.39 Å². The molecule has 0 spiro atoms. The molecule has 19 heavy (non-hydrogen) atoms. The van der Waals surface area contributed by atoms with Crippen molar-refractivity contribution in [3.8, 4) is 0 Å². The largest absolute Gasteiger partial charge is 0.321 e. The molecule has 1 N–H and O–H groups in total. The SMILES string of the molecule is CNC(C)c1sc(N(C)c2cccc(F)c2)nc1C. The predicted octanol–water partition coefficient (Wildman–Crippen LogP) is 3.64. The van der Waals surface area contributed by atoms with Crippen LogP contribution in [0, 0.1) is 12.7 Å². The molecule has 0 fully saturated rings. The standard InChI is InChI=1S/C14H18FN3S/c1-9(16-3)13-10(2)17-14(19-13)18(4)12-7-5-6-11(15)8-12/h5-9,16H,1-4H3. The molecule has 1 unspecified atom stereocenters. The van der Waals surface area contributed by atoms with Crippen molar-refractivity contribution in [3.05, 3.63) is 40.7 Å². The number of nitrogens with one attached hydrogen (secondary N) is 1. The van der Waals surface area contributed by atoms with Gasteiger partial charge < -0.3 is 10.2 Å². The van der Waals surface area contributed by atoms with Crippen LogP contribution in [-0.2, 0) is 0 Å². The van der Waals surface area contributed by atoms with Gasteiger partial charge in [-0.15, -0.1) is 0 Å². The summed E-state index contributed by atoms with van der Waals surface area (Å²) < 4.78 is 13.3. The summed E-state index contributed by atoms with van der Waals surface area (Å²) in [7, 11) is 3.83. The molecule has 102 valence electrons. The monoisotopic (exact) mass is 279 g/mol. The summed E-state index contributed by atoms with van der Waals surface area (Å²) in [5, 5.41) is 4.09. The van der Waals surface area contributed by atoms with Crippen molar-refractivity contribution in [1.29, 1.82) is 0 Å². The molecule has 2 aromatic rings. The third-order valence-corrected chi connectivity index (χ3v) is 4.55. The van der Waals surface area contributed by atoms with Crippen LogP contribution < -0.4 is 10.2 Å². The highest BCUT2D eigenvalue weighted by Gasteiger charge is 2.16. The van der Waals surface area contributed by atoms with E-state index < -0.39 is 0 Å². The van der Waals surface area contributed by atoms with E-state index in [4.69, 9.17) is 0 Å². The summed E-state index contributed by atoms with van der Waals surface area (Å²) >= 11 is 1.63. The molecule has 0 bridgehead atoms. The van der Waals surface area contributed by atoms with Gasteiger partial charge in [0, 0.05) is 23.7 Å². The Balaban J connectivity index is 2.32. The smallest absolute Gasteiger partial charge is 0.190 e. The Labute approximate surface area is 117 Å². The Hall–Kier alpha value is -1.46. The third-order valence-electron chi connectivity index (χ3n) is 3.13. The summed E-state index contributed by atoms with van der Waals surface area (Å²) in [6.45, 7) is 4.11. The van der Waals surface area contributed by atoms with Crippen molar-refractivity contribution in [3.63, 3.8) is 0 Å². The average molecular weight is 279 g/mol. The first-order valence-electron chi connectivity index (χ1n) is 6.16. The number of hydrogen-bond acceptors (Lipinski definition) is 4. The minimum atomic E-state index is -0.235. The number of hydrogen-bond donors (Lipinski definition) is 1. The maximum atomic E-state index is 13.3. The highest BCUT2D eigenvalue weighted by molar-refractivity contribution is 7.15. The van der Waals surface area contributed by atoms with Crippen LogP contribution >= 0.6 is 11.3 Å². The third kappa shape index (κ3) is 2.93. The fraction of sp³-hybridized carbons (Fsp3) is 0.357. The van der Waals surface area contributed by atoms with Crippen LogP contribution in [0.15, 0.2) is 24.3 Å². The van der Waals surface area contributed by atoms with Crippen molar-refractivity contribution in [1.82, 2.24) is 10.3 Å². The van der Waals surface area contributed by atoms with Crippen molar-refractivity contribution in [2.75, 3.05) is 19.0 Å². The van der Waals surface area contributed by atoms with Gasteiger partial charge in [0.15, 0.2) is 5.13 Å². The number of rotatable bonds is 4. The Bertz CT molecular complexity index is 568. The van der Waals surface area contributed by atoms with Crippen LogP contribution in [0.2, 0.25) is 0 Å². The topological polar surface area (TPSA) is 28.2 Å². The maximum absolute atomic E-state index is 13.3. The zero-order valence-electron chi connectivity index (χ0n) is 11.6. The molecule has 0 aliphatic rings. The molecule has 1 heterocycles. The Kier molecular flexibility index (Phi) is 4.17. The summed E-state index contributed by atoms with van der Waals surface area (Å²) in [6.07, 6.45) is 0. The number of halogens is 1. The summed E-state index contributed by atoms with van der Waals surface area (Å²) in [4.78, 5) is 7.69. The van der Waals surface area contributed by atoms with Crippen LogP contribution in [0.5, 0.6) is 0 Å². The van der Waals surface area contributed by atoms with Gasteiger partial charge in [-0.25, -0.2) is 9.37 Å². The normalized spacial score (nSPS) is 12.5. The lowest BCUT2D eigenvalue weighted by Gasteiger charge is -2.15. The van der Waals surface area contributed by atoms with Gasteiger partial charge in [-0.1, -0.05) is 17.4 Å². The Morgan fingerprint density at radius 1 is 1.42 bits per heavy atom. The average Bonchev–Trinajstić information content (AvgIpc) is 2.79. The maximum Gasteiger partial charge on any atom is 0.190 e. The van der Waals surface area contributed by atoms with Gasteiger partial charge in [0.1, 0.15) is 5.82 Å². The number of thiazole rings is 1. The first-order chi connectivity index (χ1) is 9.02. The minimum Gasteiger partial charge on any atom is -0.321 e. The Morgan fingerprint density at radius 2 is 2.16 bits per heavy atom. The van der Waals surface area contributed by atoms with Crippen LogP contribution in [0.25, 0.3) is 0 Å². The molecule has 0 aliphatic carbocycles. The lowest BCUT2D eigenvalue weighted by molar-refractivity contribution is 0.628. The van der Waals surface area contributed by atoms with Crippen LogP contribution in [-0.4, -0.2) is 19.1 Å². The molecule has 0 radical (unpaired) electrons. The molecule has 5 heteroatoms. The minimum absolute atomic E-state index is 0.235. The zero-order valence-corrected chi connectivity index (χ0v) is 12.4. The molecule has 3 nitrogen and oxygen atoms in total. The summed E-state index contributed by atoms with van der Waals surface area (Å²) in [5.74, 6) is -0.235. The second kappa shape index (κ2) is 5.67. The molecule has 2 rings (SSSR count). The van der Waals surface area contributed by atoms with Gasteiger partial charge in [-0.05, 0) is 39.1 Å². The fourth-order valence-electron chi connectivity index (χ4n) is 1.87. The van der Waals surface area contributed by atoms with E-state index in [1.807, 2.05) is 32.0 Å². The van der Waals surface area contributed by atoms with Crippen molar-refractivity contribution < 1.29 is 4.39 Å². The van der Waals surface area contributed by atoms with E-state index in [0.29, 0.717) is 0 Å². The van der Waals surface area contributed by atoms with Crippen molar-refractivity contribution in [2.24, 2.45) is 0 Å². The fourth-order valence-corrected chi connectivity index (χ4v) is 2.97. The molecule has 1 aromatic heterocycles. The second-order valence-corrected chi connectivity index (χ2v) is 5.50. The van der Waals surface area contributed by atoms with Crippen LogP contribution in [0.3, 0.4) is 0 Å². The van der Waals surface area contributed by atoms with Crippen molar-refractivity contribution >= 4 is 22.2 Å². The quantitative estimate of drug-likeness (QED) is 0.926. The predicted molar refractivity (Wildman–Crippen MR) is 78.8 cm³/mol. The molecule has 1 aromatic carbocycles.